The van der Waals surface area contributed by atoms with Gasteiger partial charge in [0.2, 0.25) is 0 Å². The molecule has 0 aromatic carbocycles. The maximum Gasteiger partial charge on any atom is 0.458 e. The number of hydrogen-bond acceptors (Lipinski definition) is 6. The minimum atomic E-state index is -0.894. The Balaban J connectivity index is 1.74. The molecular weight excluding hydrogens is 406 g/mol. The van der Waals surface area contributed by atoms with Crippen molar-refractivity contribution in [1.29, 1.82) is 0 Å². The second-order valence-corrected chi connectivity index (χ2v) is 12.3. The van der Waals surface area contributed by atoms with E-state index in [2.05, 4.69) is 27.7 Å². The third-order valence-corrected chi connectivity index (χ3v) is 9.11. The van der Waals surface area contributed by atoms with E-state index in [0.717, 1.165) is 12.7 Å². The van der Waals surface area contributed by atoms with Crippen molar-refractivity contribution >= 4 is 25.8 Å². The molecule has 2 saturated heterocycles. The molecule has 0 amide bonds. The normalized spacial score (nSPS) is 31.8. The highest BCUT2D eigenvalue weighted by Crippen LogP contribution is 2.52. The van der Waals surface area contributed by atoms with E-state index in [1.165, 1.54) is 0 Å². The Hall–Kier alpha value is -0.690. The number of Topliss-reactive ketones (excluding diaryl/α,β-unsaturated/α-hetero) is 2. The molecule has 0 radical (unpaired) electrons. The van der Waals surface area contributed by atoms with Crippen molar-refractivity contribution < 1.29 is 28.2 Å². The monoisotopic (exact) mass is 448 g/mol. The highest BCUT2D eigenvalue weighted by Gasteiger charge is 2.57. The van der Waals surface area contributed by atoms with Crippen LogP contribution < -0.4 is 0 Å². The van der Waals surface area contributed by atoms with Gasteiger partial charge in [-0.1, -0.05) is 6.42 Å². The van der Waals surface area contributed by atoms with E-state index < -0.39 is 16.6 Å². The Morgan fingerprint density at radius 3 is 1.47 bits per heavy atom. The Labute approximate surface area is 195 Å². The van der Waals surface area contributed by atoms with E-state index >= 15 is 0 Å². The summed E-state index contributed by atoms with van der Waals surface area (Å²) in [6.07, 6.45) is 3.41. The van der Waals surface area contributed by atoms with E-state index in [1.807, 2.05) is 27.7 Å². The lowest BCUT2D eigenvalue weighted by atomic mass is 9.70. The fourth-order valence-electron chi connectivity index (χ4n) is 5.49. The van der Waals surface area contributed by atoms with Gasteiger partial charge in [0.1, 0.15) is 11.6 Å². The van der Waals surface area contributed by atoms with Gasteiger partial charge in [0, 0.05) is 0 Å². The first-order valence-corrected chi connectivity index (χ1v) is 12.2. The molecule has 2 atom stereocenters. The van der Waals surface area contributed by atoms with Crippen LogP contribution in [0.3, 0.4) is 0 Å². The van der Waals surface area contributed by atoms with Gasteiger partial charge in [-0.15, -0.1) is 0 Å². The highest BCUT2D eigenvalue weighted by molar-refractivity contribution is 6.46. The van der Waals surface area contributed by atoms with Gasteiger partial charge in [-0.3, -0.25) is 9.59 Å². The van der Waals surface area contributed by atoms with E-state index in [9.17, 15) is 9.59 Å². The van der Waals surface area contributed by atoms with Gasteiger partial charge >= 0.3 is 14.2 Å². The molecule has 8 heteroatoms. The second-order valence-electron chi connectivity index (χ2n) is 12.3. The van der Waals surface area contributed by atoms with Crippen molar-refractivity contribution in [2.45, 2.75) is 124 Å². The zero-order valence-corrected chi connectivity index (χ0v) is 21.8. The predicted molar refractivity (Wildman–Crippen MR) is 126 cm³/mol. The molecule has 1 aliphatic carbocycles. The van der Waals surface area contributed by atoms with Crippen LogP contribution in [0, 0.1) is 17.3 Å². The van der Waals surface area contributed by atoms with Crippen LogP contribution in [0.5, 0.6) is 0 Å². The number of carbonyl (C=O) groups excluding carboxylic acids is 2. The van der Waals surface area contributed by atoms with Gasteiger partial charge in [-0.2, -0.15) is 0 Å². The van der Waals surface area contributed by atoms with Crippen LogP contribution in [-0.4, -0.2) is 48.2 Å². The minimum absolute atomic E-state index is 0.0259. The van der Waals surface area contributed by atoms with Crippen LogP contribution in [0.25, 0.3) is 0 Å². The average Bonchev–Trinajstić information content (AvgIpc) is 3.14. The van der Waals surface area contributed by atoms with Crippen LogP contribution in [0.4, 0.5) is 0 Å². The molecule has 32 heavy (non-hydrogen) atoms. The lowest BCUT2D eigenvalue weighted by Gasteiger charge is -2.32. The molecule has 180 valence electrons. The zero-order chi connectivity index (χ0) is 24.3. The van der Waals surface area contributed by atoms with Gasteiger partial charge in [-0.25, -0.2) is 0 Å². The molecule has 2 aliphatic heterocycles. The molecule has 0 bridgehead atoms. The largest absolute Gasteiger partial charge is 0.458 e. The van der Waals surface area contributed by atoms with Crippen molar-refractivity contribution in [3.05, 3.63) is 0 Å². The Bertz CT molecular complexity index is 714. The van der Waals surface area contributed by atoms with Crippen LogP contribution in [0.2, 0.25) is 12.6 Å². The van der Waals surface area contributed by atoms with Crippen molar-refractivity contribution in [3.8, 4) is 0 Å². The lowest BCUT2D eigenvalue weighted by Crippen LogP contribution is -2.41. The van der Waals surface area contributed by atoms with Gasteiger partial charge in [0.05, 0.1) is 27.8 Å². The SMILES string of the molecule is CC(=O)C1(C(C)=O)C[C@H](CCB2OC(C)(C)C(C)(C)O2)[C@@H](CB2OC(C)(C)C(C)(C)O2)C1. The summed E-state index contributed by atoms with van der Waals surface area (Å²) in [5, 5.41) is 0. The fourth-order valence-corrected chi connectivity index (χ4v) is 5.49. The average molecular weight is 448 g/mol. The first-order valence-electron chi connectivity index (χ1n) is 12.2. The molecule has 0 aromatic rings. The first-order chi connectivity index (χ1) is 14.4. The topological polar surface area (TPSA) is 71.1 Å². The van der Waals surface area contributed by atoms with Crippen molar-refractivity contribution in [3.63, 3.8) is 0 Å². The first kappa shape index (κ1) is 25.9. The van der Waals surface area contributed by atoms with Crippen LogP contribution in [0.15, 0.2) is 0 Å². The number of hydrogen-bond donors (Lipinski definition) is 0. The quantitative estimate of drug-likeness (QED) is 0.414. The summed E-state index contributed by atoms with van der Waals surface area (Å²) in [5.74, 6) is 0.324. The van der Waals surface area contributed by atoms with Gasteiger partial charge < -0.3 is 18.6 Å². The molecule has 1 saturated carbocycles. The van der Waals surface area contributed by atoms with Crippen molar-refractivity contribution in [1.82, 2.24) is 0 Å². The molecule has 3 aliphatic rings. The maximum absolute atomic E-state index is 12.6. The summed E-state index contributed by atoms with van der Waals surface area (Å²) in [4.78, 5) is 25.3. The van der Waals surface area contributed by atoms with E-state index in [-0.39, 0.29) is 48.8 Å². The predicted octanol–water partition coefficient (Wildman–Crippen LogP) is 4.75. The minimum Gasteiger partial charge on any atom is -0.403 e. The summed E-state index contributed by atoms with van der Waals surface area (Å²) in [6, 6.07) is 0. The Morgan fingerprint density at radius 1 is 0.688 bits per heavy atom. The molecule has 0 aromatic heterocycles. The maximum atomic E-state index is 12.6. The van der Waals surface area contributed by atoms with Gasteiger partial charge in [0.15, 0.2) is 0 Å². The van der Waals surface area contributed by atoms with Crippen LogP contribution >= 0.6 is 0 Å². The third kappa shape index (κ3) is 4.49. The summed E-state index contributed by atoms with van der Waals surface area (Å²) in [6.45, 7) is 19.5. The standard InChI is InChI=1S/C24H42B2O6/c1-16(27)24(17(2)28)13-18(11-12-25-29-20(3,4)21(5,6)30-25)19(14-24)15-26-31-22(7,8)23(9,10)32-26/h18-19H,11-15H2,1-10H3/t18-,19+/m0/s1. The molecule has 6 nitrogen and oxygen atoms in total. The van der Waals surface area contributed by atoms with E-state index in [4.69, 9.17) is 18.6 Å². The highest BCUT2D eigenvalue weighted by atomic mass is 16.7. The zero-order valence-electron chi connectivity index (χ0n) is 21.8. The van der Waals surface area contributed by atoms with E-state index in [0.29, 0.717) is 19.2 Å². The van der Waals surface area contributed by atoms with Gasteiger partial charge in [0.25, 0.3) is 0 Å². The van der Waals surface area contributed by atoms with E-state index in [1.54, 1.807) is 13.8 Å². The van der Waals surface area contributed by atoms with Crippen LogP contribution in [0.1, 0.15) is 88.5 Å². The third-order valence-electron chi connectivity index (χ3n) is 9.11. The summed E-state index contributed by atoms with van der Waals surface area (Å²) >= 11 is 0. The van der Waals surface area contributed by atoms with Crippen molar-refractivity contribution in [2.24, 2.45) is 17.3 Å². The summed E-state index contributed by atoms with van der Waals surface area (Å²) in [5.41, 5.74) is -2.41. The van der Waals surface area contributed by atoms with Crippen LogP contribution in [-0.2, 0) is 28.2 Å². The summed E-state index contributed by atoms with van der Waals surface area (Å²) in [7, 11) is -0.610. The molecule has 2 heterocycles. The van der Waals surface area contributed by atoms with Crippen molar-refractivity contribution in [2.75, 3.05) is 0 Å². The number of rotatable bonds is 7. The second kappa shape index (κ2) is 8.21. The fraction of sp³-hybridized carbons (Fsp3) is 0.917. The smallest absolute Gasteiger partial charge is 0.403 e. The van der Waals surface area contributed by atoms with Gasteiger partial charge in [-0.05, 0) is 107 Å². The molecule has 0 N–H and O–H groups in total. The Morgan fingerprint density at radius 2 is 1.06 bits per heavy atom. The molecule has 0 unspecified atom stereocenters. The number of carbonyl (C=O) groups is 2. The molecular formula is C24H42B2O6. The number of ketones is 2. The summed E-state index contributed by atoms with van der Waals surface area (Å²) < 4.78 is 24.9. The Kier molecular flexibility index (Phi) is 6.65. The molecule has 0 spiro atoms. The molecule has 3 rings (SSSR count). The lowest BCUT2D eigenvalue weighted by molar-refractivity contribution is -0.138. The molecule has 3 fully saturated rings.